The first-order chi connectivity index (χ1) is 9.38. The number of nitrogens with zero attached hydrogens (tertiary/aromatic N) is 1. The zero-order chi connectivity index (χ0) is 15.3. The van der Waals surface area contributed by atoms with Crippen LogP contribution in [0.5, 0.6) is 0 Å². The van der Waals surface area contributed by atoms with E-state index < -0.39 is 29.4 Å². The summed E-state index contributed by atoms with van der Waals surface area (Å²) in [4.78, 5) is 32.9. The summed E-state index contributed by atoms with van der Waals surface area (Å²) in [5.41, 5.74) is -0.352. The van der Waals surface area contributed by atoms with Crippen LogP contribution in [-0.2, 0) is 4.79 Å². The maximum Gasteiger partial charge on any atom is 0.326 e. The summed E-state index contributed by atoms with van der Waals surface area (Å²) in [6, 6.07) is 2.59. The van der Waals surface area contributed by atoms with E-state index in [2.05, 4.69) is 21.2 Å². The molecule has 9 heteroatoms. The molecule has 1 rings (SSSR count). The molecule has 0 aliphatic carbocycles. The van der Waals surface area contributed by atoms with Gasteiger partial charge in [0, 0.05) is 19.1 Å². The molecule has 108 valence electrons. The first-order valence-electron chi connectivity index (χ1n) is 5.46. The van der Waals surface area contributed by atoms with Crippen LogP contribution in [0.1, 0.15) is 16.8 Å². The number of aliphatic carboxylic acids is 1. The van der Waals surface area contributed by atoms with Gasteiger partial charge in [0.2, 0.25) is 0 Å². The van der Waals surface area contributed by atoms with Crippen molar-refractivity contribution in [2.75, 3.05) is 6.61 Å². The smallest absolute Gasteiger partial charge is 0.326 e. The molecule has 20 heavy (non-hydrogen) atoms. The van der Waals surface area contributed by atoms with E-state index in [1.165, 1.54) is 18.2 Å². The maximum atomic E-state index is 11.9. The number of halogens is 1. The third-order valence-electron chi connectivity index (χ3n) is 2.44. The molecule has 0 saturated carbocycles. The molecule has 0 radical (unpaired) electrons. The number of carbonyl (C=O) groups excluding carboxylic acids is 1. The summed E-state index contributed by atoms with van der Waals surface area (Å²) in [6.45, 7) is -0.409. The minimum atomic E-state index is -1.30. The Labute approximate surface area is 121 Å². The number of aliphatic hydroxyl groups is 1. The number of carboxylic acid groups (broad SMARTS) is 1. The number of amides is 1. The number of nitro groups is 1. The third kappa shape index (κ3) is 3.75. The van der Waals surface area contributed by atoms with Crippen molar-refractivity contribution < 1.29 is 24.7 Å². The molecule has 0 aliphatic rings. The van der Waals surface area contributed by atoms with E-state index in [1.807, 2.05) is 0 Å². The quantitative estimate of drug-likeness (QED) is 0.518. The van der Waals surface area contributed by atoms with E-state index in [-0.39, 0.29) is 22.1 Å². The fourth-order valence-corrected chi connectivity index (χ4v) is 2.05. The van der Waals surface area contributed by atoms with Crippen LogP contribution < -0.4 is 5.32 Å². The van der Waals surface area contributed by atoms with Gasteiger partial charge in [-0.05, 0) is 22.0 Å². The number of hydrogen-bond acceptors (Lipinski definition) is 5. The topological polar surface area (TPSA) is 130 Å². The van der Waals surface area contributed by atoms with E-state index in [0.717, 1.165) is 0 Å². The highest BCUT2D eigenvalue weighted by molar-refractivity contribution is 9.10. The lowest BCUT2D eigenvalue weighted by Gasteiger charge is -2.13. The maximum absolute atomic E-state index is 11.9. The van der Waals surface area contributed by atoms with Gasteiger partial charge in [0.25, 0.3) is 11.6 Å². The molecular formula is C11H11BrN2O6. The molecule has 1 atom stereocenters. The Hall–Kier alpha value is -2.00. The van der Waals surface area contributed by atoms with Crippen LogP contribution in [0, 0.1) is 10.1 Å². The molecule has 0 fully saturated rings. The molecule has 1 amide bonds. The molecule has 1 aromatic carbocycles. The number of benzene rings is 1. The van der Waals surface area contributed by atoms with Gasteiger partial charge in [-0.25, -0.2) is 4.79 Å². The van der Waals surface area contributed by atoms with Gasteiger partial charge in [-0.2, -0.15) is 0 Å². The van der Waals surface area contributed by atoms with E-state index in [0.29, 0.717) is 0 Å². The minimum absolute atomic E-state index is 0.0318. The lowest BCUT2D eigenvalue weighted by atomic mass is 10.1. The van der Waals surface area contributed by atoms with Crippen molar-refractivity contribution in [1.82, 2.24) is 5.32 Å². The fraction of sp³-hybridized carbons (Fsp3) is 0.273. The average Bonchev–Trinajstić information content (AvgIpc) is 2.37. The Kier molecular flexibility index (Phi) is 5.59. The van der Waals surface area contributed by atoms with Crippen molar-refractivity contribution >= 4 is 33.5 Å². The van der Waals surface area contributed by atoms with Crippen molar-refractivity contribution in [2.45, 2.75) is 12.5 Å². The van der Waals surface area contributed by atoms with Gasteiger partial charge in [-0.15, -0.1) is 0 Å². The Bertz CT molecular complexity index is 548. The first kappa shape index (κ1) is 16.1. The van der Waals surface area contributed by atoms with Crippen LogP contribution in [-0.4, -0.2) is 39.7 Å². The van der Waals surface area contributed by atoms with Crippen LogP contribution in [0.2, 0.25) is 0 Å². The van der Waals surface area contributed by atoms with Crippen LogP contribution in [0.4, 0.5) is 5.69 Å². The molecule has 0 spiro atoms. The van der Waals surface area contributed by atoms with Crippen molar-refractivity contribution in [3.8, 4) is 0 Å². The van der Waals surface area contributed by atoms with E-state index in [9.17, 15) is 19.7 Å². The summed E-state index contributed by atoms with van der Waals surface area (Å²) in [7, 11) is 0. The number of carboxylic acids is 1. The van der Waals surface area contributed by atoms with E-state index >= 15 is 0 Å². The Morgan fingerprint density at radius 1 is 1.45 bits per heavy atom. The molecule has 0 saturated heterocycles. The predicted octanol–water partition coefficient (Wildman–Crippen LogP) is 0.923. The molecule has 0 bridgehead atoms. The van der Waals surface area contributed by atoms with Crippen LogP contribution in [0.3, 0.4) is 0 Å². The van der Waals surface area contributed by atoms with E-state index in [1.54, 1.807) is 0 Å². The average molecular weight is 347 g/mol. The molecule has 0 heterocycles. The lowest BCUT2D eigenvalue weighted by Crippen LogP contribution is -2.41. The summed E-state index contributed by atoms with van der Waals surface area (Å²) in [5.74, 6) is -2.07. The summed E-state index contributed by atoms with van der Waals surface area (Å²) < 4.78 is -0.0318. The Morgan fingerprint density at radius 3 is 2.60 bits per heavy atom. The highest BCUT2D eigenvalue weighted by Crippen LogP contribution is 2.28. The molecular weight excluding hydrogens is 336 g/mol. The van der Waals surface area contributed by atoms with Gasteiger partial charge >= 0.3 is 5.97 Å². The normalized spacial score (nSPS) is 11.7. The molecule has 0 unspecified atom stereocenters. The number of nitro benzene ring substituents is 1. The zero-order valence-corrected chi connectivity index (χ0v) is 11.7. The number of aliphatic hydroxyl groups excluding tert-OH is 1. The van der Waals surface area contributed by atoms with Gasteiger partial charge in [0.05, 0.1) is 10.5 Å². The monoisotopic (exact) mass is 346 g/mol. The minimum Gasteiger partial charge on any atom is -0.480 e. The largest absolute Gasteiger partial charge is 0.480 e. The second-order valence-electron chi connectivity index (χ2n) is 3.77. The second-order valence-corrected chi connectivity index (χ2v) is 4.57. The fourth-order valence-electron chi connectivity index (χ4n) is 1.46. The molecule has 1 aromatic rings. The summed E-state index contributed by atoms with van der Waals surface area (Å²) in [6.07, 6.45) is -0.159. The SMILES string of the molecule is O=C(N[C@@H](CCO)C(=O)O)c1cccc([N+](=O)[O-])c1Br. The zero-order valence-electron chi connectivity index (χ0n) is 10.1. The molecule has 3 N–H and O–H groups in total. The predicted molar refractivity (Wildman–Crippen MR) is 71.4 cm³/mol. The van der Waals surface area contributed by atoms with Crippen LogP contribution >= 0.6 is 15.9 Å². The molecule has 0 aromatic heterocycles. The Morgan fingerprint density at radius 2 is 2.10 bits per heavy atom. The van der Waals surface area contributed by atoms with Crippen molar-refractivity contribution in [1.29, 1.82) is 0 Å². The summed E-state index contributed by atoms with van der Waals surface area (Å²) >= 11 is 2.95. The highest BCUT2D eigenvalue weighted by atomic mass is 79.9. The number of carbonyl (C=O) groups is 2. The first-order valence-corrected chi connectivity index (χ1v) is 6.25. The summed E-state index contributed by atoms with van der Waals surface area (Å²) in [5, 5.41) is 30.5. The number of rotatable bonds is 6. The van der Waals surface area contributed by atoms with Gasteiger partial charge in [0.1, 0.15) is 10.5 Å². The van der Waals surface area contributed by atoms with Gasteiger partial charge in [-0.3, -0.25) is 14.9 Å². The van der Waals surface area contributed by atoms with Crippen molar-refractivity contribution in [3.63, 3.8) is 0 Å². The van der Waals surface area contributed by atoms with Gasteiger partial charge < -0.3 is 15.5 Å². The van der Waals surface area contributed by atoms with Crippen LogP contribution in [0.15, 0.2) is 22.7 Å². The highest BCUT2D eigenvalue weighted by Gasteiger charge is 2.24. The van der Waals surface area contributed by atoms with Gasteiger partial charge in [0.15, 0.2) is 0 Å². The van der Waals surface area contributed by atoms with E-state index in [4.69, 9.17) is 10.2 Å². The van der Waals surface area contributed by atoms with Gasteiger partial charge in [-0.1, -0.05) is 6.07 Å². The van der Waals surface area contributed by atoms with Crippen LogP contribution in [0.25, 0.3) is 0 Å². The van der Waals surface area contributed by atoms with Crippen molar-refractivity contribution in [3.05, 3.63) is 38.3 Å². The standard InChI is InChI=1S/C11H11BrN2O6/c12-9-6(2-1-3-8(9)14(19)20)10(16)13-7(4-5-15)11(17)18/h1-3,7,15H,4-5H2,(H,13,16)(H,17,18)/t7-/m0/s1. The second kappa shape index (κ2) is 6.96. The number of hydrogen-bond donors (Lipinski definition) is 3. The molecule has 0 aliphatic heterocycles. The lowest BCUT2D eigenvalue weighted by molar-refractivity contribution is -0.385. The third-order valence-corrected chi connectivity index (χ3v) is 3.27. The number of nitrogens with one attached hydrogen (secondary N) is 1. The Balaban J connectivity index is 3.00. The molecule has 8 nitrogen and oxygen atoms in total. The van der Waals surface area contributed by atoms with Crippen molar-refractivity contribution in [2.24, 2.45) is 0 Å².